The number of benzene rings is 1. The fourth-order valence-electron chi connectivity index (χ4n) is 2.60. The molecule has 90 valence electrons. The Bertz CT molecular complexity index is 285. The van der Waals surface area contributed by atoms with Gasteiger partial charge in [0.2, 0.25) is 0 Å². The molecule has 0 aliphatic carbocycles. The van der Waals surface area contributed by atoms with Crippen LogP contribution in [0, 0.1) is 0 Å². The zero-order valence-electron chi connectivity index (χ0n) is 10.7. The van der Waals surface area contributed by atoms with E-state index in [1.54, 1.807) is 0 Å². The first-order chi connectivity index (χ1) is 7.74. The maximum atomic E-state index is 9.69. The van der Waals surface area contributed by atoms with Gasteiger partial charge in [-0.2, -0.15) is 0 Å². The lowest BCUT2D eigenvalue weighted by molar-refractivity contribution is -0.953. The lowest BCUT2D eigenvalue weighted by atomic mass is 10.0. The summed E-state index contributed by atoms with van der Waals surface area (Å²) in [7, 11) is 0. The van der Waals surface area contributed by atoms with Gasteiger partial charge in [0, 0.05) is 5.56 Å². The molecule has 0 bridgehead atoms. The van der Waals surface area contributed by atoms with Crippen LogP contribution in [0.15, 0.2) is 30.3 Å². The van der Waals surface area contributed by atoms with Crippen molar-refractivity contribution in [3.8, 4) is 0 Å². The summed E-state index contributed by atoms with van der Waals surface area (Å²) in [6, 6.07) is 10.6. The van der Waals surface area contributed by atoms with Gasteiger partial charge in [-0.3, -0.25) is 0 Å². The number of aliphatic hydroxyl groups excluding tert-OH is 1. The predicted octanol–water partition coefficient (Wildman–Crippen LogP) is 2.60. The number of hydrogen-bond donors (Lipinski definition) is 1. The van der Waals surface area contributed by atoms with Gasteiger partial charge in [-0.1, -0.05) is 30.3 Å². The van der Waals surface area contributed by atoms with Crippen LogP contribution in [0.3, 0.4) is 0 Å². The van der Waals surface area contributed by atoms with Crippen LogP contribution < -0.4 is 0 Å². The molecule has 0 fully saturated rings. The average molecular weight is 222 g/mol. The number of rotatable bonds is 6. The molecule has 16 heavy (non-hydrogen) atoms. The Morgan fingerprint density at radius 3 is 1.88 bits per heavy atom. The summed E-state index contributed by atoms with van der Waals surface area (Å²) < 4.78 is 0.959. The third-order valence-corrected chi connectivity index (χ3v) is 3.91. The molecule has 0 radical (unpaired) electrons. The van der Waals surface area contributed by atoms with E-state index in [9.17, 15) is 5.11 Å². The molecule has 1 atom stereocenters. The Morgan fingerprint density at radius 2 is 1.50 bits per heavy atom. The van der Waals surface area contributed by atoms with Crippen molar-refractivity contribution in [2.75, 3.05) is 26.2 Å². The minimum atomic E-state index is 0.209. The van der Waals surface area contributed by atoms with Crippen LogP contribution in [0.2, 0.25) is 0 Å². The lowest BCUT2D eigenvalue weighted by Gasteiger charge is -2.42. The third kappa shape index (κ3) is 2.45. The fraction of sp³-hybridized carbons (Fsp3) is 0.571. The normalized spacial score (nSPS) is 13.8. The van der Waals surface area contributed by atoms with Gasteiger partial charge in [-0.05, 0) is 20.8 Å². The summed E-state index contributed by atoms with van der Waals surface area (Å²) in [5.74, 6) is 0. The van der Waals surface area contributed by atoms with Crippen LogP contribution >= 0.6 is 0 Å². The highest BCUT2D eigenvalue weighted by Crippen LogP contribution is 2.27. The Balaban J connectivity index is 3.05. The highest BCUT2D eigenvalue weighted by molar-refractivity contribution is 5.17. The molecule has 0 spiro atoms. The molecule has 1 N–H and O–H groups in total. The molecule has 0 saturated heterocycles. The molecule has 0 aliphatic heterocycles. The summed E-state index contributed by atoms with van der Waals surface area (Å²) >= 11 is 0. The van der Waals surface area contributed by atoms with Gasteiger partial charge in [-0.15, -0.1) is 0 Å². The second-order valence-corrected chi connectivity index (χ2v) is 4.28. The molecule has 0 amide bonds. The molecule has 1 unspecified atom stereocenters. The first-order valence-corrected chi connectivity index (χ1v) is 6.25. The Hall–Kier alpha value is -0.860. The van der Waals surface area contributed by atoms with Gasteiger partial charge >= 0.3 is 0 Å². The van der Waals surface area contributed by atoms with Crippen LogP contribution in [-0.4, -0.2) is 35.8 Å². The second-order valence-electron chi connectivity index (χ2n) is 4.28. The predicted molar refractivity (Wildman–Crippen MR) is 68.2 cm³/mol. The molecule has 0 aliphatic rings. The van der Waals surface area contributed by atoms with Gasteiger partial charge in [0.05, 0.1) is 26.2 Å². The third-order valence-electron chi connectivity index (χ3n) is 3.91. The first-order valence-electron chi connectivity index (χ1n) is 6.25. The van der Waals surface area contributed by atoms with Crippen molar-refractivity contribution in [1.82, 2.24) is 0 Å². The quantitative estimate of drug-likeness (QED) is 0.734. The maximum absolute atomic E-state index is 9.69. The van der Waals surface area contributed by atoms with E-state index >= 15 is 0 Å². The lowest BCUT2D eigenvalue weighted by Crippen LogP contribution is -2.51. The Labute approximate surface area is 99.1 Å². The Morgan fingerprint density at radius 1 is 1.00 bits per heavy atom. The average Bonchev–Trinajstić information content (AvgIpc) is 2.37. The van der Waals surface area contributed by atoms with Crippen molar-refractivity contribution in [2.45, 2.75) is 26.8 Å². The number of hydrogen-bond acceptors (Lipinski definition) is 1. The number of nitrogens with zero attached hydrogens (tertiary/aromatic N) is 1. The molecule has 1 aromatic rings. The van der Waals surface area contributed by atoms with E-state index in [-0.39, 0.29) is 12.6 Å². The zero-order valence-corrected chi connectivity index (χ0v) is 10.7. The minimum absolute atomic E-state index is 0.209. The first kappa shape index (κ1) is 13.2. The molecule has 1 aromatic carbocycles. The molecule has 2 nitrogen and oxygen atoms in total. The highest BCUT2D eigenvalue weighted by atomic mass is 16.3. The van der Waals surface area contributed by atoms with Crippen LogP contribution in [0.4, 0.5) is 0 Å². The van der Waals surface area contributed by atoms with E-state index in [1.807, 2.05) is 18.2 Å². The van der Waals surface area contributed by atoms with Crippen molar-refractivity contribution < 1.29 is 9.59 Å². The van der Waals surface area contributed by atoms with Gasteiger partial charge in [0.15, 0.2) is 0 Å². The number of aliphatic hydroxyl groups is 1. The maximum Gasteiger partial charge on any atom is 0.138 e. The van der Waals surface area contributed by atoms with E-state index in [2.05, 4.69) is 32.9 Å². The molecule has 1 rings (SSSR count). The Kier molecular flexibility index (Phi) is 4.97. The van der Waals surface area contributed by atoms with E-state index in [4.69, 9.17) is 0 Å². The van der Waals surface area contributed by atoms with Crippen molar-refractivity contribution in [3.63, 3.8) is 0 Å². The van der Waals surface area contributed by atoms with Gasteiger partial charge in [0.25, 0.3) is 0 Å². The largest absolute Gasteiger partial charge is 0.390 e. The SMILES string of the molecule is CC[N+](CC)(CC)C(CO)c1ccccc1. The zero-order chi connectivity index (χ0) is 12.0. The smallest absolute Gasteiger partial charge is 0.138 e. The van der Waals surface area contributed by atoms with E-state index < -0.39 is 0 Å². The highest BCUT2D eigenvalue weighted by Gasteiger charge is 2.32. The van der Waals surface area contributed by atoms with Crippen molar-refractivity contribution in [3.05, 3.63) is 35.9 Å². The summed E-state index contributed by atoms with van der Waals surface area (Å²) in [5.41, 5.74) is 1.25. The molecular weight excluding hydrogens is 198 g/mol. The summed E-state index contributed by atoms with van der Waals surface area (Å²) in [6.07, 6.45) is 0. The molecule has 0 saturated carbocycles. The molecule has 0 aromatic heterocycles. The number of likely N-dealkylation sites (N-methyl/N-ethyl adjacent to an activating group) is 1. The van der Waals surface area contributed by atoms with Crippen LogP contribution in [0.5, 0.6) is 0 Å². The molecular formula is C14H24NO+. The second kappa shape index (κ2) is 6.02. The fourth-order valence-corrected chi connectivity index (χ4v) is 2.60. The van der Waals surface area contributed by atoms with Crippen LogP contribution in [-0.2, 0) is 0 Å². The monoisotopic (exact) mass is 222 g/mol. The van der Waals surface area contributed by atoms with Gasteiger partial charge in [-0.25, -0.2) is 0 Å². The molecule has 0 heterocycles. The van der Waals surface area contributed by atoms with E-state index in [0.717, 1.165) is 24.1 Å². The minimum Gasteiger partial charge on any atom is -0.390 e. The van der Waals surface area contributed by atoms with E-state index in [0.29, 0.717) is 0 Å². The van der Waals surface area contributed by atoms with Crippen molar-refractivity contribution in [1.29, 1.82) is 0 Å². The standard InChI is InChI=1S/C14H24NO/c1-4-15(5-2,6-3)14(12-16)13-10-8-7-9-11-13/h7-11,14,16H,4-6,12H2,1-3H3/q+1. The topological polar surface area (TPSA) is 20.2 Å². The number of quaternary nitrogens is 1. The summed E-state index contributed by atoms with van der Waals surface area (Å²) in [4.78, 5) is 0. The van der Waals surface area contributed by atoms with E-state index in [1.165, 1.54) is 5.56 Å². The van der Waals surface area contributed by atoms with Gasteiger partial charge in [0.1, 0.15) is 6.04 Å². The molecule has 2 heteroatoms. The summed E-state index contributed by atoms with van der Waals surface area (Å²) in [6.45, 7) is 10.0. The van der Waals surface area contributed by atoms with Crippen molar-refractivity contribution >= 4 is 0 Å². The van der Waals surface area contributed by atoms with Crippen LogP contribution in [0.25, 0.3) is 0 Å². The van der Waals surface area contributed by atoms with Crippen molar-refractivity contribution in [2.24, 2.45) is 0 Å². The summed E-state index contributed by atoms with van der Waals surface area (Å²) in [5, 5.41) is 9.69. The van der Waals surface area contributed by atoms with Crippen LogP contribution in [0.1, 0.15) is 32.4 Å². The van der Waals surface area contributed by atoms with Gasteiger partial charge < -0.3 is 9.59 Å².